The van der Waals surface area contributed by atoms with E-state index in [9.17, 15) is 9.59 Å². The molecular formula is C25H34N2O4. The highest BCUT2D eigenvalue weighted by Crippen LogP contribution is 2.31. The molecule has 0 radical (unpaired) electrons. The van der Waals surface area contributed by atoms with Gasteiger partial charge in [-0.2, -0.15) is 0 Å². The lowest BCUT2D eigenvalue weighted by molar-refractivity contribution is -0.145. The molecule has 3 unspecified atom stereocenters. The third-order valence-electron chi connectivity index (χ3n) is 5.60. The lowest BCUT2D eigenvalue weighted by Gasteiger charge is -2.22. The van der Waals surface area contributed by atoms with E-state index in [0.29, 0.717) is 25.0 Å². The van der Waals surface area contributed by atoms with Crippen molar-refractivity contribution in [1.82, 2.24) is 10.2 Å². The Morgan fingerprint density at radius 3 is 2.71 bits per heavy atom. The van der Waals surface area contributed by atoms with Crippen molar-refractivity contribution in [3.05, 3.63) is 72.0 Å². The summed E-state index contributed by atoms with van der Waals surface area (Å²) in [5, 5.41) is 3.45. The molecule has 0 bridgehead atoms. The third-order valence-corrected chi connectivity index (χ3v) is 5.60. The molecule has 0 amide bonds. The number of carbonyl (C=O) groups excluding carboxylic acids is 2. The highest BCUT2D eigenvalue weighted by atomic mass is 16.5. The summed E-state index contributed by atoms with van der Waals surface area (Å²) in [5.74, 6) is 0.339. The van der Waals surface area contributed by atoms with Crippen molar-refractivity contribution in [2.75, 3.05) is 20.1 Å². The number of rotatable bonds is 8. The molecule has 1 fully saturated rings. The van der Waals surface area contributed by atoms with Gasteiger partial charge >= 0.3 is 5.97 Å². The summed E-state index contributed by atoms with van der Waals surface area (Å²) >= 11 is 0. The van der Waals surface area contributed by atoms with Crippen LogP contribution < -0.4 is 5.32 Å². The Kier molecular flexibility index (Phi) is 10.0. The van der Waals surface area contributed by atoms with Crippen LogP contribution >= 0.6 is 0 Å². The summed E-state index contributed by atoms with van der Waals surface area (Å²) in [5.41, 5.74) is 3.64. The van der Waals surface area contributed by atoms with Gasteiger partial charge in [0.05, 0.1) is 0 Å². The minimum atomic E-state index is -0.179. The molecule has 1 saturated heterocycles. The van der Waals surface area contributed by atoms with Gasteiger partial charge in [-0.1, -0.05) is 55.1 Å². The topological polar surface area (TPSA) is 67.9 Å². The van der Waals surface area contributed by atoms with Crippen LogP contribution in [0.3, 0.4) is 0 Å². The molecule has 31 heavy (non-hydrogen) atoms. The maximum Gasteiger partial charge on any atom is 0.302 e. The van der Waals surface area contributed by atoms with E-state index in [1.165, 1.54) is 18.2 Å². The molecule has 2 aliphatic rings. The molecule has 0 spiro atoms. The zero-order valence-electron chi connectivity index (χ0n) is 18.8. The Morgan fingerprint density at radius 2 is 2.06 bits per heavy atom. The number of nitrogens with one attached hydrogen (secondary N) is 1. The van der Waals surface area contributed by atoms with Gasteiger partial charge in [0.25, 0.3) is 6.47 Å². The maximum absolute atomic E-state index is 11.1. The van der Waals surface area contributed by atoms with Crippen LogP contribution in [0.4, 0.5) is 0 Å². The highest BCUT2D eigenvalue weighted by molar-refractivity contribution is 5.66. The number of likely N-dealkylation sites (tertiary alicyclic amines) is 1. The highest BCUT2D eigenvalue weighted by Gasteiger charge is 2.34. The molecule has 0 aromatic heterocycles. The number of hydrogen-bond donors (Lipinski definition) is 1. The van der Waals surface area contributed by atoms with Crippen LogP contribution in [-0.4, -0.2) is 49.6 Å². The first-order valence-electron chi connectivity index (χ1n) is 10.6. The molecule has 0 aliphatic carbocycles. The number of likely N-dealkylation sites (N-methyl/N-ethyl adjacent to an activating group) is 1. The average Bonchev–Trinajstić information content (AvgIpc) is 3.27. The van der Waals surface area contributed by atoms with E-state index in [1.54, 1.807) is 0 Å². The van der Waals surface area contributed by atoms with Crippen molar-refractivity contribution in [3.8, 4) is 0 Å². The lowest BCUT2D eigenvalue weighted by Crippen LogP contribution is -2.29. The van der Waals surface area contributed by atoms with Crippen molar-refractivity contribution >= 4 is 12.4 Å². The van der Waals surface area contributed by atoms with Crippen molar-refractivity contribution in [3.63, 3.8) is 0 Å². The van der Waals surface area contributed by atoms with Gasteiger partial charge in [-0.15, -0.1) is 0 Å². The fourth-order valence-corrected chi connectivity index (χ4v) is 4.09. The summed E-state index contributed by atoms with van der Waals surface area (Å²) in [6.07, 6.45) is 8.04. The van der Waals surface area contributed by atoms with Gasteiger partial charge in [-0.25, -0.2) is 0 Å². The quantitative estimate of drug-likeness (QED) is 0.389. The van der Waals surface area contributed by atoms with E-state index in [4.69, 9.17) is 4.74 Å². The van der Waals surface area contributed by atoms with E-state index >= 15 is 0 Å². The third kappa shape index (κ3) is 8.06. The van der Waals surface area contributed by atoms with Gasteiger partial charge < -0.3 is 14.8 Å². The lowest BCUT2D eigenvalue weighted by atomic mass is 9.92. The van der Waals surface area contributed by atoms with Crippen molar-refractivity contribution < 1.29 is 19.1 Å². The SMILES string of the molecule is C=C/C=C\C1=C(C)NCC1CC1CC(OC(C)=O)CN1C.O=COCc1ccccc1. The van der Waals surface area contributed by atoms with Gasteiger partial charge in [0.15, 0.2) is 0 Å². The molecule has 2 aliphatic heterocycles. The summed E-state index contributed by atoms with van der Waals surface area (Å²) in [6, 6.07) is 10.0. The number of allylic oxidation sites excluding steroid dienone is 4. The number of benzene rings is 1. The standard InChI is InChI=1S/C17H26N2O2.C8H8O2/c1-5-6-7-17-12(2)18-10-14(17)8-15-9-16(11-19(15)4)21-13(3)20;9-7-10-6-8-4-2-1-3-5-8/h5-7,14-16,18H,1,8-11H2,2-4H3;1-5,7H,6H2/b7-6-;. The van der Waals surface area contributed by atoms with Crippen molar-refractivity contribution in [2.24, 2.45) is 5.92 Å². The first kappa shape index (κ1) is 24.4. The van der Waals surface area contributed by atoms with Crippen LogP contribution in [0.15, 0.2) is 66.4 Å². The largest absolute Gasteiger partial charge is 0.463 e. The van der Waals surface area contributed by atoms with Crippen LogP contribution in [0.2, 0.25) is 0 Å². The van der Waals surface area contributed by atoms with E-state index in [1.807, 2.05) is 42.5 Å². The van der Waals surface area contributed by atoms with Crippen molar-refractivity contribution in [2.45, 2.75) is 45.4 Å². The Labute approximate surface area is 185 Å². The molecular weight excluding hydrogens is 392 g/mol. The fraction of sp³-hybridized carbons (Fsp3) is 0.440. The second-order valence-electron chi connectivity index (χ2n) is 7.94. The minimum Gasteiger partial charge on any atom is -0.463 e. The number of nitrogens with zero attached hydrogens (tertiary/aromatic N) is 1. The Hall–Kier alpha value is -2.86. The predicted octanol–water partition coefficient (Wildman–Crippen LogP) is 3.61. The van der Waals surface area contributed by atoms with Crippen LogP contribution in [0, 0.1) is 5.92 Å². The normalized spacial score (nSPS) is 23.1. The van der Waals surface area contributed by atoms with E-state index in [-0.39, 0.29) is 12.1 Å². The van der Waals surface area contributed by atoms with Crippen LogP contribution in [0.25, 0.3) is 0 Å². The number of carbonyl (C=O) groups is 2. The summed E-state index contributed by atoms with van der Waals surface area (Å²) in [7, 11) is 2.12. The molecule has 6 heteroatoms. The first-order chi connectivity index (χ1) is 14.9. The number of ether oxygens (including phenoxy) is 2. The first-order valence-corrected chi connectivity index (χ1v) is 10.6. The Morgan fingerprint density at radius 1 is 1.32 bits per heavy atom. The maximum atomic E-state index is 11.1. The molecule has 1 aromatic rings. The van der Waals surface area contributed by atoms with Crippen LogP contribution in [-0.2, 0) is 25.7 Å². The molecule has 2 heterocycles. The predicted molar refractivity (Wildman–Crippen MR) is 122 cm³/mol. The van der Waals surface area contributed by atoms with Gasteiger partial charge in [0, 0.05) is 44.1 Å². The Bertz CT molecular complexity index is 788. The van der Waals surface area contributed by atoms with Crippen LogP contribution in [0.5, 0.6) is 0 Å². The summed E-state index contributed by atoms with van der Waals surface area (Å²) < 4.78 is 9.89. The molecule has 3 rings (SSSR count). The van der Waals surface area contributed by atoms with E-state index < -0.39 is 0 Å². The number of hydrogen-bond acceptors (Lipinski definition) is 6. The fourth-order valence-electron chi connectivity index (χ4n) is 4.09. The smallest absolute Gasteiger partial charge is 0.302 e. The summed E-state index contributed by atoms with van der Waals surface area (Å²) in [6.45, 7) is 10.00. The number of esters is 1. The molecule has 0 saturated carbocycles. The van der Waals surface area contributed by atoms with Gasteiger partial charge in [-0.05, 0) is 31.5 Å². The van der Waals surface area contributed by atoms with E-state index in [0.717, 1.165) is 31.5 Å². The van der Waals surface area contributed by atoms with Gasteiger partial charge in [0.1, 0.15) is 12.7 Å². The summed E-state index contributed by atoms with van der Waals surface area (Å²) in [4.78, 5) is 23.2. The van der Waals surface area contributed by atoms with Crippen molar-refractivity contribution in [1.29, 1.82) is 0 Å². The molecule has 3 atom stereocenters. The molecule has 1 aromatic carbocycles. The van der Waals surface area contributed by atoms with Crippen LogP contribution in [0.1, 0.15) is 32.3 Å². The molecule has 1 N–H and O–H groups in total. The van der Waals surface area contributed by atoms with Gasteiger partial charge in [-0.3, -0.25) is 14.5 Å². The average molecular weight is 427 g/mol. The Balaban J connectivity index is 0.000000285. The second-order valence-corrected chi connectivity index (χ2v) is 7.94. The molecule has 168 valence electrons. The minimum absolute atomic E-state index is 0.0455. The van der Waals surface area contributed by atoms with E-state index in [2.05, 4.69) is 41.6 Å². The second kappa shape index (κ2) is 12.7. The zero-order chi connectivity index (χ0) is 22.6. The van der Waals surface area contributed by atoms with Gasteiger partial charge in [0.2, 0.25) is 0 Å². The molecule has 6 nitrogen and oxygen atoms in total. The monoisotopic (exact) mass is 426 g/mol. The zero-order valence-corrected chi connectivity index (χ0v) is 18.8.